The van der Waals surface area contributed by atoms with Crippen molar-refractivity contribution in [2.75, 3.05) is 44.6 Å². The molecule has 37 heavy (non-hydrogen) atoms. The van der Waals surface area contributed by atoms with Crippen LogP contribution in [-0.2, 0) is 0 Å². The van der Waals surface area contributed by atoms with Crippen molar-refractivity contribution in [1.29, 1.82) is 0 Å². The van der Waals surface area contributed by atoms with Crippen molar-refractivity contribution in [3.05, 3.63) is 72.3 Å². The molecule has 0 unspecified atom stereocenters. The maximum absolute atomic E-state index is 13.5. The van der Waals surface area contributed by atoms with Gasteiger partial charge < -0.3 is 24.8 Å². The van der Waals surface area contributed by atoms with Gasteiger partial charge in [0.15, 0.2) is 11.5 Å². The molecule has 0 radical (unpaired) electrons. The molecule has 0 aliphatic carbocycles. The lowest BCUT2D eigenvalue weighted by molar-refractivity contribution is 0.102. The van der Waals surface area contributed by atoms with Gasteiger partial charge in [0, 0.05) is 35.4 Å². The summed E-state index contributed by atoms with van der Waals surface area (Å²) in [5.74, 6) is 1.18. The maximum atomic E-state index is 13.5. The summed E-state index contributed by atoms with van der Waals surface area (Å²) in [6.07, 6.45) is 0. The first-order chi connectivity index (χ1) is 18.0. The molecule has 4 aromatic rings. The van der Waals surface area contributed by atoms with Crippen molar-refractivity contribution < 1.29 is 23.8 Å². The minimum atomic E-state index is -0.279. The highest BCUT2D eigenvalue weighted by Crippen LogP contribution is 2.41. The third kappa shape index (κ3) is 4.58. The van der Waals surface area contributed by atoms with Crippen LogP contribution in [-0.4, -0.2) is 51.3 Å². The predicted octanol–water partition coefficient (Wildman–Crippen LogP) is 4.71. The third-order valence-electron chi connectivity index (χ3n) is 6.21. The first-order valence-corrected chi connectivity index (χ1v) is 11.7. The van der Waals surface area contributed by atoms with Crippen molar-refractivity contribution in [3.8, 4) is 28.5 Å². The number of anilines is 2. The summed E-state index contributed by atoms with van der Waals surface area (Å²) in [6, 6.07) is 19.9. The number of methoxy groups -OCH3 is 3. The van der Waals surface area contributed by atoms with Gasteiger partial charge >= 0.3 is 6.03 Å². The Hall–Kier alpha value is -4.79. The topological polar surface area (TPSA) is 102 Å². The van der Waals surface area contributed by atoms with Gasteiger partial charge in [0.1, 0.15) is 0 Å². The van der Waals surface area contributed by atoms with Gasteiger partial charge in [-0.05, 0) is 48.5 Å². The molecule has 1 aromatic heterocycles. The molecule has 0 bridgehead atoms. The highest BCUT2D eigenvalue weighted by Gasteiger charge is 2.21. The molecule has 1 aliphatic rings. The monoisotopic (exact) mass is 498 g/mol. The van der Waals surface area contributed by atoms with E-state index in [9.17, 15) is 9.59 Å². The van der Waals surface area contributed by atoms with E-state index in [-0.39, 0.29) is 11.9 Å². The van der Waals surface area contributed by atoms with Gasteiger partial charge in [-0.1, -0.05) is 18.2 Å². The van der Waals surface area contributed by atoms with Crippen LogP contribution in [0.3, 0.4) is 0 Å². The molecular formula is C28H26N4O5. The van der Waals surface area contributed by atoms with Crippen molar-refractivity contribution in [1.82, 2.24) is 10.3 Å². The number of fused-ring (bicyclic) bond motifs is 1. The van der Waals surface area contributed by atoms with Crippen LogP contribution >= 0.6 is 0 Å². The van der Waals surface area contributed by atoms with E-state index < -0.39 is 0 Å². The van der Waals surface area contributed by atoms with E-state index >= 15 is 0 Å². The molecule has 188 valence electrons. The number of benzene rings is 3. The molecular weight excluding hydrogens is 472 g/mol. The number of carbonyl (C=O) groups is 2. The van der Waals surface area contributed by atoms with Crippen LogP contribution in [0.5, 0.6) is 17.2 Å². The zero-order valence-corrected chi connectivity index (χ0v) is 20.7. The lowest BCUT2D eigenvalue weighted by Crippen LogP contribution is -2.27. The van der Waals surface area contributed by atoms with Gasteiger partial charge in [-0.25, -0.2) is 9.78 Å². The number of aromatic nitrogens is 1. The Balaban J connectivity index is 1.51. The number of nitrogens with zero attached hydrogens (tertiary/aromatic N) is 2. The number of carbonyl (C=O) groups excluding carboxylic acids is 2. The number of hydrogen-bond acceptors (Lipinski definition) is 6. The second kappa shape index (κ2) is 10.1. The van der Waals surface area contributed by atoms with Crippen molar-refractivity contribution in [2.45, 2.75) is 0 Å². The second-order valence-electron chi connectivity index (χ2n) is 8.37. The highest BCUT2D eigenvalue weighted by molar-refractivity contribution is 6.13. The number of para-hydroxylation sites is 1. The number of ether oxygens (including phenoxy) is 3. The second-order valence-corrected chi connectivity index (χ2v) is 8.37. The molecule has 1 saturated heterocycles. The van der Waals surface area contributed by atoms with E-state index in [1.165, 1.54) is 0 Å². The fourth-order valence-electron chi connectivity index (χ4n) is 4.38. The predicted molar refractivity (Wildman–Crippen MR) is 142 cm³/mol. The van der Waals surface area contributed by atoms with E-state index in [0.717, 1.165) is 11.1 Å². The van der Waals surface area contributed by atoms with E-state index in [1.807, 2.05) is 36.4 Å². The Morgan fingerprint density at radius 2 is 1.65 bits per heavy atom. The van der Waals surface area contributed by atoms with Crippen LogP contribution in [0, 0.1) is 0 Å². The van der Waals surface area contributed by atoms with Gasteiger partial charge in [-0.2, -0.15) is 0 Å². The largest absolute Gasteiger partial charge is 0.493 e. The molecule has 9 heteroatoms. The zero-order valence-electron chi connectivity index (χ0n) is 20.7. The summed E-state index contributed by atoms with van der Waals surface area (Å²) in [4.78, 5) is 31.8. The van der Waals surface area contributed by atoms with Gasteiger partial charge in [0.25, 0.3) is 5.91 Å². The normalized spacial score (nSPS) is 12.8. The first-order valence-electron chi connectivity index (χ1n) is 11.7. The molecule has 3 aromatic carbocycles. The van der Waals surface area contributed by atoms with Crippen molar-refractivity contribution >= 4 is 34.2 Å². The number of amides is 3. The quantitative estimate of drug-likeness (QED) is 0.383. The molecule has 9 nitrogen and oxygen atoms in total. The van der Waals surface area contributed by atoms with Crippen LogP contribution in [0.1, 0.15) is 10.4 Å². The Morgan fingerprint density at radius 3 is 2.27 bits per heavy atom. The Bertz CT molecular complexity index is 1460. The smallest absolute Gasteiger partial charge is 0.321 e. The maximum Gasteiger partial charge on any atom is 0.321 e. The molecule has 0 spiro atoms. The zero-order chi connectivity index (χ0) is 25.9. The standard InChI is InChI=1S/C28H26N4O5/c1-35-24-14-17(15-25(36-2)26(24)37-3)23-16-21(20-6-4-5-7-22(20)31-23)27(33)30-18-8-10-19(11-9-18)32-13-12-29-28(32)34/h4-11,14-16H,12-13H2,1-3H3,(H,29,34)(H,30,33). The SMILES string of the molecule is COc1cc(-c2cc(C(=O)Nc3ccc(N4CCNC4=O)cc3)c3ccccc3n2)cc(OC)c1OC. The fraction of sp³-hybridized carbons (Fsp3) is 0.179. The summed E-state index contributed by atoms with van der Waals surface area (Å²) in [5, 5.41) is 6.47. The fourth-order valence-corrected chi connectivity index (χ4v) is 4.38. The average Bonchev–Trinajstić information content (AvgIpc) is 3.37. The molecule has 1 fully saturated rings. The molecule has 2 heterocycles. The van der Waals surface area contributed by atoms with E-state index in [0.29, 0.717) is 58.4 Å². The number of rotatable bonds is 7. The molecule has 5 rings (SSSR count). The Labute approximate surface area is 214 Å². The Kier molecular flexibility index (Phi) is 6.51. The van der Waals surface area contributed by atoms with Crippen molar-refractivity contribution in [2.24, 2.45) is 0 Å². The summed E-state index contributed by atoms with van der Waals surface area (Å²) < 4.78 is 16.4. The van der Waals surface area contributed by atoms with Gasteiger partial charge in [0.05, 0.1) is 38.1 Å². The molecule has 1 aliphatic heterocycles. The van der Waals surface area contributed by atoms with Crippen LogP contribution < -0.4 is 29.7 Å². The summed E-state index contributed by atoms with van der Waals surface area (Å²) in [6.45, 7) is 1.22. The summed E-state index contributed by atoms with van der Waals surface area (Å²) >= 11 is 0. The van der Waals surface area contributed by atoms with Gasteiger partial charge in [-0.15, -0.1) is 0 Å². The molecule has 0 atom stereocenters. The van der Waals surface area contributed by atoms with Crippen molar-refractivity contribution in [3.63, 3.8) is 0 Å². The minimum Gasteiger partial charge on any atom is -0.493 e. The third-order valence-corrected chi connectivity index (χ3v) is 6.21. The number of urea groups is 1. The van der Waals surface area contributed by atoms with Gasteiger partial charge in [-0.3, -0.25) is 9.69 Å². The summed E-state index contributed by atoms with van der Waals surface area (Å²) in [5.41, 5.74) is 3.82. The average molecular weight is 499 g/mol. The lowest BCUT2D eigenvalue weighted by Gasteiger charge is -2.16. The summed E-state index contributed by atoms with van der Waals surface area (Å²) in [7, 11) is 4.65. The van der Waals surface area contributed by atoms with E-state index in [1.54, 1.807) is 56.6 Å². The first kappa shape index (κ1) is 23.9. The number of hydrogen-bond donors (Lipinski definition) is 2. The van der Waals surface area contributed by atoms with Crippen LogP contribution in [0.4, 0.5) is 16.2 Å². The lowest BCUT2D eigenvalue weighted by atomic mass is 10.0. The van der Waals surface area contributed by atoms with E-state index in [4.69, 9.17) is 19.2 Å². The number of nitrogens with one attached hydrogen (secondary N) is 2. The number of pyridine rings is 1. The van der Waals surface area contributed by atoms with Crippen LogP contribution in [0.2, 0.25) is 0 Å². The molecule has 3 amide bonds. The molecule has 0 saturated carbocycles. The van der Waals surface area contributed by atoms with E-state index in [2.05, 4.69) is 10.6 Å². The van der Waals surface area contributed by atoms with Crippen LogP contribution in [0.15, 0.2) is 66.7 Å². The molecule has 2 N–H and O–H groups in total. The van der Waals surface area contributed by atoms with Crippen LogP contribution in [0.25, 0.3) is 22.2 Å². The Morgan fingerprint density at radius 1 is 0.946 bits per heavy atom. The van der Waals surface area contributed by atoms with Gasteiger partial charge in [0.2, 0.25) is 5.75 Å². The minimum absolute atomic E-state index is 0.126. The highest BCUT2D eigenvalue weighted by atomic mass is 16.5.